The van der Waals surface area contributed by atoms with Crippen LogP contribution in [0.2, 0.25) is 0 Å². The number of amides is 1. The molecular formula is C16H32N2O. The number of hydrogen-bond acceptors (Lipinski definition) is 2. The van der Waals surface area contributed by atoms with Gasteiger partial charge in [-0.15, -0.1) is 0 Å². The van der Waals surface area contributed by atoms with Crippen LogP contribution in [0.5, 0.6) is 0 Å². The first-order valence-corrected chi connectivity index (χ1v) is 7.86. The Morgan fingerprint density at radius 1 is 1.26 bits per heavy atom. The van der Waals surface area contributed by atoms with Crippen LogP contribution < -0.4 is 11.1 Å². The van der Waals surface area contributed by atoms with Gasteiger partial charge in [-0.25, -0.2) is 0 Å². The lowest BCUT2D eigenvalue weighted by Gasteiger charge is -2.31. The Hall–Kier alpha value is -0.570. The predicted molar refractivity (Wildman–Crippen MR) is 80.8 cm³/mol. The summed E-state index contributed by atoms with van der Waals surface area (Å²) in [6.45, 7) is 9.20. The summed E-state index contributed by atoms with van der Waals surface area (Å²) in [7, 11) is 0. The number of rotatable bonds is 5. The molecule has 1 rings (SSSR count). The van der Waals surface area contributed by atoms with E-state index >= 15 is 0 Å². The normalized spacial score (nSPS) is 25.9. The zero-order valence-corrected chi connectivity index (χ0v) is 13.2. The Kier molecular flexibility index (Phi) is 6.31. The first-order valence-electron chi connectivity index (χ1n) is 7.86. The van der Waals surface area contributed by atoms with Gasteiger partial charge in [-0.1, -0.05) is 34.1 Å². The van der Waals surface area contributed by atoms with Crippen molar-refractivity contribution in [2.24, 2.45) is 23.0 Å². The van der Waals surface area contributed by atoms with E-state index in [9.17, 15) is 4.79 Å². The molecule has 1 saturated carbocycles. The Bertz CT molecular complexity index is 275. The summed E-state index contributed by atoms with van der Waals surface area (Å²) in [5.41, 5.74) is 5.92. The molecule has 1 aliphatic carbocycles. The molecule has 0 aromatic rings. The fourth-order valence-corrected chi connectivity index (χ4v) is 3.06. The molecule has 112 valence electrons. The molecule has 1 aliphatic rings. The SMILES string of the molecule is CCC1CCC(NC(=O)C(CN)CC(C)(C)C)CC1. The summed E-state index contributed by atoms with van der Waals surface area (Å²) in [5.74, 6) is 0.995. The molecule has 0 radical (unpaired) electrons. The van der Waals surface area contributed by atoms with E-state index in [1.54, 1.807) is 0 Å². The highest BCUT2D eigenvalue weighted by atomic mass is 16.1. The molecule has 1 unspecified atom stereocenters. The third-order valence-corrected chi connectivity index (χ3v) is 4.28. The van der Waals surface area contributed by atoms with Crippen LogP contribution in [0.4, 0.5) is 0 Å². The number of carbonyl (C=O) groups excluding carboxylic acids is 1. The highest BCUT2D eigenvalue weighted by Crippen LogP contribution is 2.28. The van der Waals surface area contributed by atoms with Gasteiger partial charge in [-0.3, -0.25) is 4.79 Å². The first kappa shape index (κ1) is 16.5. The zero-order valence-electron chi connectivity index (χ0n) is 13.2. The quantitative estimate of drug-likeness (QED) is 0.805. The average molecular weight is 268 g/mol. The second kappa shape index (κ2) is 7.28. The fraction of sp³-hybridized carbons (Fsp3) is 0.938. The maximum absolute atomic E-state index is 12.3. The summed E-state index contributed by atoms with van der Waals surface area (Å²) in [6.07, 6.45) is 6.92. The zero-order chi connectivity index (χ0) is 14.5. The number of carbonyl (C=O) groups is 1. The highest BCUT2D eigenvalue weighted by Gasteiger charge is 2.27. The Morgan fingerprint density at radius 3 is 2.26 bits per heavy atom. The van der Waals surface area contributed by atoms with Crippen molar-refractivity contribution in [1.82, 2.24) is 5.32 Å². The lowest BCUT2D eigenvalue weighted by Crippen LogP contribution is -2.43. The minimum absolute atomic E-state index is 0.0381. The fourth-order valence-electron chi connectivity index (χ4n) is 3.06. The maximum Gasteiger partial charge on any atom is 0.224 e. The molecule has 3 N–H and O–H groups in total. The van der Waals surface area contributed by atoms with Gasteiger partial charge in [-0.2, -0.15) is 0 Å². The minimum Gasteiger partial charge on any atom is -0.353 e. The monoisotopic (exact) mass is 268 g/mol. The second-order valence-electron chi connectivity index (χ2n) is 7.33. The maximum atomic E-state index is 12.3. The van der Waals surface area contributed by atoms with Crippen molar-refractivity contribution in [3.8, 4) is 0 Å². The van der Waals surface area contributed by atoms with Gasteiger partial charge in [0.05, 0.1) is 5.92 Å². The lowest BCUT2D eigenvalue weighted by atomic mass is 9.82. The number of nitrogens with two attached hydrogens (primary N) is 1. The molecule has 1 amide bonds. The molecule has 0 spiro atoms. The third-order valence-electron chi connectivity index (χ3n) is 4.28. The smallest absolute Gasteiger partial charge is 0.224 e. The van der Waals surface area contributed by atoms with E-state index < -0.39 is 0 Å². The van der Waals surface area contributed by atoms with Crippen LogP contribution >= 0.6 is 0 Å². The highest BCUT2D eigenvalue weighted by molar-refractivity contribution is 5.79. The predicted octanol–water partition coefficient (Wildman–Crippen LogP) is 3.08. The average Bonchev–Trinajstić information content (AvgIpc) is 2.35. The molecule has 0 aromatic heterocycles. The second-order valence-corrected chi connectivity index (χ2v) is 7.33. The van der Waals surface area contributed by atoms with Crippen molar-refractivity contribution in [2.75, 3.05) is 6.54 Å². The van der Waals surface area contributed by atoms with E-state index in [4.69, 9.17) is 5.73 Å². The largest absolute Gasteiger partial charge is 0.353 e. The van der Waals surface area contributed by atoms with Crippen LogP contribution in [0, 0.1) is 17.3 Å². The van der Waals surface area contributed by atoms with Crippen LogP contribution in [0.3, 0.4) is 0 Å². The van der Waals surface area contributed by atoms with Crippen molar-refractivity contribution in [3.63, 3.8) is 0 Å². The van der Waals surface area contributed by atoms with Gasteiger partial charge in [-0.05, 0) is 43.4 Å². The van der Waals surface area contributed by atoms with Gasteiger partial charge < -0.3 is 11.1 Å². The van der Waals surface area contributed by atoms with Crippen molar-refractivity contribution >= 4 is 5.91 Å². The van der Waals surface area contributed by atoms with E-state index in [1.807, 2.05) is 0 Å². The van der Waals surface area contributed by atoms with Crippen molar-refractivity contribution < 1.29 is 4.79 Å². The molecule has 0 aromatic carbocycles. The Morgan fingerprint density at radius 2 is 1.84 bits per heavy atom. The lowest BCUT2D eigenvalue weighted by molar-refractivity contribution is -0.126. The molecule has 3 heteroatoms. The van der Waals surface area contributed by atoms with Crippen molar-refractivity contribution in [1.29, 1.82) is 0 Å². The van der Waals surface area contributed by atoms with Gasteiger partial charge in [0.2, 0.25) is 5.91 Å². The van der Waals surface area contributed by atoms with Crippen LogP contribution in [0.1, 0.15) is 66.2 Å². The van der Waals surface area contributed by atoms with Gasteiger partial charge >= 0.3 is 0 Å². The van der Waals surface area contributed by atoms with Crippen LogP contribution in [0.25, 0.3) is 0 Å². The van der Waals surface area contributed by atoms with E-state index in [1.165, 1.54) is 19.3 Å². The molecule has 1 atom stereocenters. The van der Waals surface area contributed by atoms with E-state index in [0.717, 1.165) is 25.2 Å². The molecule has 3 nitrogen and oxygen atoms in total. The molecule has 0 aliphatic heterocycles. The van der Waals surface area contributed by atoms with Crippen LogP contribution in [0.15, 0.2) is 0 Å². The van der Waals surface area contributed by atoms with Crippen LogP contribution in [-0.4, -0.2) is 18.5 Å². The molecule has 0 saturated heterocycles. The third kappa shape index (κ3) is 5.94. The Labute approximate surface area is 118 Å². The summed E-state index contributed by atoms with van der Waals surface area (Å²) in [6, 6.07) is 0.379. The van der Waals surface area contributed by atoms with E-state index in [0.29, 0.717) is 12.6 Å². The molecule has 0 heterocycles. The summed E-state index contributed by atoms with van der Waals surface area (Å²) >= 11 is 0. The topological polar surface area (TPSA) is 55.1 Å². The van der Waals surface area contributed by atoms with E-state index in [-0.39, 0.29) is 17.2 Å². The van der Waals surface area contributed by atoms with Gasteiger partial charge in [0, 0.05) is 12.6 Å². The van der Waals surface area contributed by atoms with Crippen molar-refractivity contribution in [3.05, 3.63) is 0 Å². The standard InChI is InChI=1S/C16H32N2O/c1-5-12-6-8-14(9-7-12)18-15(19)13(11-17)10-16(2,3)4/h12-14H,5-11,17H2,1-4H3,(H,18,19). The minimum atomic E-state index is -0.0381. The molecular weight excluding hydrogens is 236 g/mol. The molecule has 0 bridgehead atoms. The Balaban J connectivity index is 2.41. The summed E-state index contributed by atoms with van der Waals surface area (Å²) in [5, 5.41) is 3.22. The van der Waals surface area contributed by atoms with Crippen molar-refractivity contribution in [2.45, 2.75) is 72.3 Å². The summed E-state index contributed by atoms with van der Waals surface area (Å²) < 4.78 is 0. The number of nitrogens with one attached hydrogen (secondary N) is 1. The summed E-state index contributed by atoms with van der Waals surface area (Å²) in [4.78, 5) is 12.3. The molecule has 1 fully saturated rings. The van der Waals surface area contributed by atoms with Gasteiger partial charge in [0.25, 0.3) is 0 Å². The van der Waals surface area contributed by atoms with E-state index in [2.05, 4.69) is 33.0 Å². The van der Waals surface area contributed by atoms with Gasteiger partial charge in [0.1, 0.15) is 0 Å². The van der Waals surface area contributed by atoms with Gasteiger partial charge in [0.15, 0.2) is 0 Å². The first-order chi connectivity index (χ1) is 8.85. The molecule has 19 heavy (non-hydrogen) atoms. The number of hydrogen-bond donors (Lipinski definition) is 2. The van der Waals surface area contributed by atoms with Crippen LogP contribution in [-0.2, 0) is 4.79 Å².